The summed E-state index contributed by atoms with van der Waals surface area (Å²) in [4.78, 5) is 45.1. The van der Waals surface area contributed by atoms with Gasteiger partial charge >= 0.3 is 0 Å². The van der Waals surface area contributed by atoms with E-state index in [1.807, 2.05) is 0 Å². The highest BCUT2D eigenvalue weighted by Gasteiger charge is 2.60. The molecule has 6 N–H and O–H groups in total. The van der Waals surface area contributed by atoms with Crippen LogP contribution in [-0.2, 0) is 25.6 Å². The third-order valence-electron chi connectivity index (χ3n) is 7.07. The van der Waals surface area contributed by atoms with Gasteiger partial charge in [0, 0.05) is 43.3 Å². The molecule has 0 aliphatic heterocycles. The Balaban J connectivity index is 1.91. The van der Waals surface area contributed by atoms with Gasteiger partial charge in [-0.3, -0.25) is 14.4 Å². The molecule has 4 rings (SSSR count). The minimum atomic E-state index is -2.60. The molecule has 3 atom stereocenters. The Morgan fingerprint density at radius 1 is 1.22 bits per heavy atom. The van der Waals surface area contributed by atoms with Crippen LogP contribution < -0.4 is 10.6 Å². The third kappa shape index (κ3) is 4.03. The van der Waals surface area contributed by atoms with E-state index in [0.29, 0.717) is 11.3 Å². The largest absolute Gasteiger partial charge is 0.508 e. The number of carbonyl (C=O) groups is 3. The zero-order valence-electron chi connectivity index (χ0n) is 21.3. The predicted octanol–water partition coefficient (Wildman–Crippen LogP) is 1.64. The van der Waals surface area contributed by atoms with Crippen LogP contribution in [0.2, 0.25) is 0 Å². The predicted molar refractivity (Wildman–Crippen MR) is 134 cm³/mol. The monoisotopic (exact) mass is 513 g/mol. The van der Waals surface area contributed by atoms with Crippen molar-refractivity contribution < 1.29 is 39.6 Å². The van der Waals surface area contributed by atoms with Crippen molar-refractivity contribution in [2.75, 3.05) is 19.0 Å². The number of nitrogens with zero attached hydrogens (tertiary/aromatic N) is 2. The van der Waals surface area contributed by atoms with E-state index in [4.69, 9.17) is 10.6 Å². The highest BCUT2D eigenvalue weighted by Crippen LogP contribution is 2.53. The van der Waals surface area contributed by atoms with Gasteiger partial charge in [0.25, 0.3) is 5.91 Å². The Morgan fingerprint density at radius 2 is 1.86 bits per heavy atom. The molecule has 1 aromatic carbocycles. The lowest BCUT2D eigenvalue weighted by atomic mass is 9.59. The Kier molecular flexibility index (Phi) is 6.10. The quantitative estimate of drug-likeness (QED) is 0.227. The van der Waals surface area contributed by atoms with Crippen molar-refractivity contribution >= 4 is 35.1 Å². The molecular formula is C26H31N3O8. The van der Waals surface area contributed by atoms with Crippen molar-refractivity contribution in [3.05, 3.63) is 39.7 Å². The van der Waals surface area contributed by atoms with Gasteiger partial charge in [-0.1, -0.05) is 5.16 Å². The number of primary amides is 1. The molecule has 11 nitrogen and oxygen atoms in total. The third-order valence-corrected chi connectivity index (χ3v) is 7.07. The van der Waals surface area contributed by atoms with E-state index in [1.165, 1.54) is 6.21 Å². The van der Waals surface area contributed by atoms with Crippen LogP contribution >= 0.6 is 0 Å². The molecule has 1 amide bonds. The number of carbonyl (C=O) groups excluding carboxylic acids is 3. The van der Waals surface area contributed by atoms with Crippen LogP contribution in [0.5, 0.6) is 5.75 Å². The van der Waals surface area contributed by atoms with Crippen molar-refractivity contribution in [3.8, 4) is 5.75 Å². The van der Waals surface area contributed by atoms with Gasteiger partial charge in [-0.15, -0.1) is 0 Å². The lowest BCUT2D eigenvalue weighted by Gasteiger charge is -2.46. The van der Waals surface area contributed by atoms with Crippen LogP contribution in [0.4, 0.5) is 5.69 Å². The van der Waals surface area contributed by atoms with Crippen LogP contribution in [0.1, 0.15) is 50.3 Å². The van der Waals surface area contributed by atoms with Crippen LogP contribution in [-0.4, -0.2) is 69.4 Å². The van der Waals surface area contributed by atoms with Gasteiger partial charge in [0.05, 0.1) is 11.8 Å². The number of amides is 1. The molecule has 3 aliphatic carbocycles. The molecule has 0 saturated heterocycles. The average Bonchev–Trinajstić information content (AvgIpc) is 2.76. The molecule has 11 heteroatoms. The number of aliphatic hydroxyl groups is 3. The van der Waals surface area contributed by atoms with E-state index >= 15 is 0 Å². The number of hydrogen-bond donors (Lipinski definition) is 5. The second kappa shape index (κ2) is 8.62. The summed E-state index contributed by atoms with van der Waals surface area (Å²) in [7, 11) is 3.57. The van der Waals surface area contributed by atoms with Crippen molar-refractivity contribution in [3.63, 3.8) is 0 Å². The summed E-state index contributed by atoms with van der Waals surface area (Å²) in [5, 5.41) is 48.4. The fourth-order valence-corrected chi connectivity index (χ4v) is 5.43. The number of phenolic OH excluding ortho intramolecular Hbond substituents is 1. The molecule has 0 spiro atoms. The number of nitrogens with two attached hydrogens (primary N) is 1. The van der Waals surface area contributed by atoms with Gasteiger partial charge in [-0.05, 0) is 51.2 Å². The summed E-state index contributed by atoms with van der Waals surface area (Å²) in [6, 6.07) is 1.68. The molecule has 0 heterocycles. The van der Waals surface area contributed by atoms with E-state index in [-0.39, 0.29) is 41.7 Å². The normalized spacial score (nSPS) is 25.7. The maximum Gasteiger partial charge on any atom is 0.255 e. The second-order valence-electron chi connectivity index (χ2n) is 10.9. The maximum atomic E-state index is 13.7. The van der Waals surface area contributed by atoms with E-state index in [1.54, 1.807) is 45.8 Å². The average molecular weight is 514 g/mol. The number of ketones is 2. The van der Waals surface area contributed by atoms with Crippen LogP contribution in [0, 0.1) is 11.8 Å². The molecule has 0 aromatic heterocycles. The summed E-state index contributed by atoms with van der Waals surface area (Å²) in [5.41, 5.74) is 2.46. The van der Waals surface area contributed by atoms with Crippen molar-refractivity contribution in [2.24, 2.45) is 22.7 Å². The molecule has 1 saturated carbocycles. The van der Waals surface area contributed by atoms with Crippen LogP contribution in [0.25, 0.3) is 5.76 Å². The van der Waals surface area contributed by atoms with Crippen molar-refractivity contribution in [2.45, 2.75) is 51.2 Å². The topological polar surface area (TPSA) is 183 Å². The molecule has 1 fully saturated rings. The summed E-state index contributed by atoms with van der Waals surface area (Å²) in [6.07, 6.45) is 1.21. The number of aliphatic hydroxyl groups excluding tert-OH is 2. The zero-order valence-corrected chi connectivity index (χ0v) is 21.3. The SMILES string of the molecule is CN(C)c1cc(/C=N/OC(C)(C)C)c(O)c2c1C[C@H]1C[C@H]3CC(=O)C(C(N)=O)=C(O)[C@@]3(O)C(=O)C1=C2O. The molecule has 3 aliphatic rings. The first kappa shape index (κ1) is 26.2. The zero-order chi connectivity index (χ0) is 27.6. The van der Waals surface area contributed by atoms with Gasteiger partial charge in [-0.2, -0.15) is 0 Å². The number of aromatic hydroxyl groups is 1. The van der Waals surface area contributed by atoms with E-state index in [9.17, 15) is 34.8 Å². The highest BCUT2D eigenvalue weighted by atomic mass is 16.6. The summed E-state index contributed by atoms with van der Waals surface area (Å²) < 4.78 is 0. The Hall–Kier alpha value is -3.86. The van der Waals surface area contributed by atoms with Gasteiger partial charge in [0.2, 0.25) is 5.78 Å². The van der Waals surface area contributed by atoms with Crippen LogP contribution in [0.15, 0.2) is 28.1 Å². The fourth-order valence-electron chi connectivity index (χ4n) is 5.43. The van der Waals surface area contributed by atoms with Gasteiger partial charge in [0.1, 0.15) is 28.4 Å². The lowest BCUT2D eigenvalue weighted by molar-refractivity contribution is -0.147. The van der Waals surface area contributed by atoms with Gasteiger partial charge < -0.3 is 35.9 Å². The van der Waals surface area contributed by atoms with Gasteiger partial charge in [-0.25, -0.2) is 0 Å². The molecular weight excluding hydrogens is 482 g/mol. The summed E-state index contributed by atoms with van der Waals surface area (Å²) >= 11 is 0. The number of rotatable bonds is 4. The van der Waals surface area contributed by atoms with E-state index < -0.39 is 57.6 Å². The number of hydrogen-bond acceptors (Lipinski definition) is 10. The van der Waals surface area contributed by atoms with Gasteiger partial charge in [0.15, 0.2) is 11.4 Å². The fraction of sp³-hybridized carbons (Fsp3) is 0.462. The van der Waals surface area contributed by atoms with Crippen LogP contribution in [0.3, 0.4) is 0 Å². The van der Waals surface area contributed by atoms with Crippen molar-refractivity contribution in [1.82, 2.24) is 0 Å². The second-order valence-corrected chi connectivity index (χ2v) is 10.9. The minimum Gasteiger partial charge on any atom is -0.508 e. The number of benzene rings is 1. The molecule has 0 radical (unpaired) electrons. The molecule has 0 unspecified atom stereocenters. The highest BCUT2D eigenvalue weighted by molar-refractivity contribution is 6.22. The first-order valence-electron chi connectivity index (χ1n) is 11.8. The molecule has 1 aromatic rings. The molecule has 0 bridgehead atoms. The van der Waals surface area contributed by atoms with Crippen molar-refractivity contribution in [1.29, 1.82) is 0 Å². The molecule has 37 heavy (non-hydrogen) atoms. The standard InChI is InChI=1S/C26H31N3O8/c1-25(2,3)37-28-10-12-8-15(29(4)5)14-7-11-6-13-9-16(30)19(24(27)35)23(34)26(13,36)22(33)17(11)21(32)18(14)20(12)31/h8,10-11,13,31-32,34,36H,6-7,9H2,1-5H3,(H2,27,35)/b28-10+/t11-,13+,26+/m1/s1. The van der Waals surface area contributed by atoms with E-state index in [0.717, 1.165) is 0 Å². The number of oxime groups is 1. The Labute approximate surface area is 213 Å². The van der Waals surface area contributed by atoms with E-state index in [2.05, 4.69) is 5.16 Å². The minimum absolute atomic E-state index is 0.00413. The maximum absolute atomic E-state index is 13.7. The summed E-state index contributed by atoms with van der Waals surface area (Å²) in [5.74, 6) is -6.68. The first-order chi connectivity index (χ1) is 17.1. The number of fused-ring (bicyclic) bond motifs is 3. The lowest BCUT2D eigenvalue weighted by Crippen LogP contribution is -2.58. The number of anilines is 1. The number of Topliss-reactive ketones (excluding diaryl/α,β-unsaturated/α-hetero) is 2. The smallest absolute Gasteiger partial charge is 0.255 e. The molecule has 198 valence electrons. The first-order valence-corrected chi connectivity index (χ1v) is 11.8. The number of phenols is 1. The Morgan fingerprint density at radius 3 is 2.43 bits per heavy atom. The summed E-state index contributed by atoms with van der Waals surface area (Å²) in [6.45, 7) is 5.41. The Bertz CT molecular complexity index is 1320.